The fourth-order valence-corrected chi connectivity index (χ4v) is 2.83. The van der Waals surface area contributed by atoms with Crippen molar-refractivity contribution in [3.8, 4) is 0 Å². The van der Waals surface area contributed by atoms with Gasteiger partial charge in [-0.1, -0.05) is 19.3 Å². The monoisotopic (exact) mass is 248 g/mol. The van der Waals surface area contributed by atoms with Crippen LogP contribution >= 0.6 is 0 Å². The highest BCUT2D eigenvalue weighted by Crippen LogP contribution is 2.35. The molecule has 0 unspecified atom stereocenters. The summed E-state index contributed by atoms with van der Waals surface area (Å²) < 4.78 is 0. The molecule has 0 saturated heterocycles. The van der Waals surface area contributed by atoms with Gasteiger partial charge >= 0.3 is 0 Å². The average Bonchev–Trinajstić information content (AvgIpc) is 2.47. The third-order valence-electron chi connectivity index (χ3n) is 4.24. The second-order valence-corrected chi connectivity index (χ2v) is 5.60. The van der Waals surface area contributed by atoms with Crippen molar-refractivity contribution in [2.45, 2.75) is 45.1 Å². The number of nitrogens with one attached hydrogen (secondary N) is 1. The summed E-state index contributed by atoms with van der Waals surface area (Å²) in [5.74, 6) is 0. The van der Waals surface area contributed by atoms with E-state index in [2.05, 4.69) is 17.2 Å². The molecule has 100 valence electrons. The maximum Gasteiger partial charge on any atom is 0.0499 e. The molecule has 0 amide bonds. The van der Waals surface area contributed by atoms with Crippen molar-refractivity contribution in [1.82, 2.24) is 10.3 Å². The number of pyridine rings is 1. The summed E-state index contributed by atoms with van der Waals surface area (Å²) in [6, 6.07) is 4.41. The van der Waals surface area contributed by atoms with Crippen molar-refractivity contribution in [3.05, 3.63) is 30.1 Å². The molecule has 1 aromatic rings. The molecular weight excluding hydrogens is 224 g/mol. The highest BCUT2D eigenvalue weighted by Gasteiger charge is 2.31. The zero-order chi connectivity index (χ0) is 12.8. The number of hydrogen-bond donors (Lipinski definition) is 2. The Bertz CT molecular complexity index is 347. The predicted molar refractivity (Wildman–Crippen MR) is 73.3 cm³/mol. The number of aliphatic hydroxyl groups excluding tert-OH is 1. The fourth-order valence-electron chi connectivity index (χ4n) is 2.83. The molecule has 3 heteroatoms. The molecule has 1 aliphatic rings. The first kappa shape index (κ1) is 13.5. The maximum atomic E-state index is 9.67. The zero-order valence-corrected chi connectivity index (χ0v) is 11.2. The van der Waals surface area contributed by atoms with Crippen LogP contribution in [0.25, 0.3) is 0 Å². The SMILES string of the molecule is C[C@H](NCC1(CO)CCCCC1)c1ccncc1. The third-order valence-corrected chi connectivity index (χ3v) is 4.24. The van der Waals surface area contributed by atoms with Gasteiger partial charge in [0.2, 0.25) is 0 Å². The van der Waals surface area contributed by atoms with Gasteiger partial charge in [-0.2, -0.15) is 0 Å². The molecule has 1 aliphatic carbocycles. The Hall–Kier alpha value is -0.930. The van der Waals surface area contributed by atoms with E-state index in [1.165, 1.54) is 24.8 Å². The van der Waals surface area contributed by atoms with Gasteiger partial charge < -0.3 is 10.4 Å². The molecule has 0 bridgehead atoms. The molecule has 1 atom stereocenters. The molecular formula is C15H24N2O. The number of rotatable bonds is 5. The van der Waals surface area contributed by atoms with Crippen molar-refractivity contribution in [1.29, 1.82) is 0 Å². The molecule has 1 fully saturated rings. The minimum absolute atomic E-state index is 0.111. The molecule has 0 radical (unpaired) electrons. The second kappa shape index (κ2) is 6.30. The van der Waals surface area contributed by atoms with E-state index in [1.54, 1.807) is 0 Å². The maximum absolute atomic E-state index is 9.67. The minimum atomic E-state index is 0.111. The van der Waals surface area contributed by atoms with E-state index in [4.69, 9.17) is 0 Å². The van der Waals surface area contributed by atoms with Gasteiger partial charge in [0, 0.05) is 37.0 Å². The first-order valence-corrected chi connectivity index (χ1v) is 7.00. The van der Waals surface area contributed by atoms with Crippen LogP contribution in [-0.2, 0) is 0 Å². The number of nitrogens with zero attached hydrogens (tertiary/aromatic N) is 1. The van der Waals surface area contributed by atoms with Crippen LogP contribution in [0.1, 0.15) is 50.6 Å². The van der Waals surface area contributed by atoms with Gasteiger partial charge in [0.1, 0.15) is 0 Å². The van der Waals surface area contributed by atoms with Crippen LogP contribution in [0.4, 0.5) is 0 Å². The summed E-state index contributed by atoms with van der Waals surface area (Å²) in [7, 11) is 0. The number of hydrogen-bond acceptors (Lipinski definition) is 3. The van der Waals surface area contributed by atoms with Crippen LogP contribution in [-0.4, -0.2) is 23.2 Å². The van der Waals surface area contributed by atoms with Gasteiger partial charge in [-0.15, -0.1) is 0 Å². The van der Waals surface area contributed by atoms with Crippen LogP contribution < -0.4 is 5.32 Å². The summed E-state index contributed by atoms with van der Waals surface area (Å²) in [6.07, 6.45) is 9.80. The van der Waals surface area contributed by atoms with Gasteiger partial charge in [0.05, 0.1) is 0 Å². The van der Waals surface area contributed by atoms with Gasteiger partial charge in [-0.05, 0) is 37.5 Å². The van der Waals surface area contributed by atoms with Crippen LogP contribution in [0.2, 0.25) is 0 Å². The van der Waals surface area contributed by atoms with Crippen LogP contribution in [0.3, 0.4) is 0 Å². The first-order valence-electron chi connectivity index (χ1n) is 7.00. The highest BCUT2D eigenvalue weighted by molar-refractivity contribution is 5.14. The zero-order valence-electron chi connectivity index (χ0n) is 11.2. The lowest BCUT2D eigenvalue weighted by molar-refractivity contribution is 0.0789. The van der Waals surface area contributed by atoms with Gasteiger partial charge in [0.25, 0.3) is 0 Å². The lowest BCUT2D eigenvalue weighted by Gasteiger charge is -2.36. The summed E-state index contributed by atoms with van der Waals surface area (Å²) in [5, 5.41) is 13.2. The quantitative estimate of drug-likeness (QED) is 0.842. The third kappa shape index (κ3) is 3.30. The molecule has 1 saturated carbocycles. The summed E-state index contributed by atoms with van der Waals surface area (Å²) in [5.41, 5.74) is 1.37. The highest BCUT2D eigenvalue weighted by atomic mass is 16.3. The minimum Gasteiger partial charge on any atom is -0.396 e. The smallest absolute Gasteiger partial charge is 0.0499 e. The van der Waals surface area contributed by atoms with Crippen molar-refractivity contribution >= 4 is 0 Å². The Morgan fingerprint density at radius 2 is 1.94 bits per heavy atom. The Labute approximate surface area is 110 Å². The largest absolute Gasteiger partial charge is 0.396 e. The second-order valence-electron chi connectivity index (χ2n) is 5.60. The van der Waals surface area contributed by atoms with Crippen LogP contribution in [0, 0.1) is 5.41 Å². The molecule has 0 aromatic carbocycles. The van der Waals surface area contributed by atoms with Crippen molar-refractivity contribution in [2.75, 3.05) is 13.2 Å². The molecule has 0 aliphatic heterocycles. The number of aliphatic hydroxyl groups is 1. The Morgan fingerprint density at radius 3 is 2.56 bits per heavy atom. The molecule has 1 heterocycles. The predicted octanol–water partition coefficient (Wildman–Crippen LogP) is 2.68. The molecule has 2 rings (SSSR count). The van der Waals surface area contributed by atoms with E-state index in [0.29, 0.717) is 12.6 Å². The topological polar surface area (TPSA) is 45.1 Å². The molecule has 0 spiro atoms. The Kier molecular flexibility index (Phi) is 4.72. The van der Waals surface area contributed by atoms with E-state index in [-0.39, 0.29) is 5.41 Å². The van der Waals surface area contributed by atoms with Crippen LogP contribution in [0.15, 0.2) is 24.5 Å². The van der Waals surface area contributed by atoms with E-state index < -0.39 is 0 Å². The fraction of sp³-hybridized carbons (Fsp3) is 0.667. The normalized spacial score (nSPS) is 20.6. The van der Waals surface area contributed by atoms with E-state index in [0.717, 1.165) is 19.4 Å². The molecule has 2 N–H and O–H groups in total. The molecule has 1 aromatic heterocycles. The van der Waals surface area contributed by atoms with E-state index >= 15 is 0 Å². The van der Waals surface area contributed by atoms with Crippen molar-refractivity contribution in [3.63, 3.8) is 0 Å². The average molecular weight is 248 g/mol. The molecule has 3 nitrogen and oxygen atoms in total. The first-order chi connectivity index (χ1) is 8.76. The van der Waals surface area contributed by atoms with Crippen molar-refractivity contribution in [2.24, 2.45) is 5.41 Å². The Balaban J connectivity index is 1.90. The van der Waals surface area contributed by atoms with Crippen LogP contribution in [0.5, 0.6) is 0 Å². The lowest BCUT2D eigenvalue weighted by atomic mass is 9.74. The van der Waals surface area contributed by atoms with E-state index in [9.17, 15) is 5.11 Å². The Morgan fingerprint density at radius 1 is 1.28 bits per heavy atom. The van der Waals surface area contributed by atoms with Crippen molar-refractivity contribution < 1.29 is 5.11 Å². The van der Waals surface area contributed by atoms with E-state index in [1.807, 2.05) is 24.5 Å². The van der Waals surface area contributed by atoms with Gasteiger partial charge in [0.15, 0.2) is 0 Å². The number of aromatic nitrogens is 1. The lowest BCUT2D eigenvalue weighted by Crippen LogP contribution is -2.39. The van der Waals surface area contributed by atoms with Gasteiger partial charge in [-0.3, -0.25) is 4.98 Å². The van der Waals surface area contributed by atoms with Gasteiger partial charge in [-0.25, -0.2) is 0 Å². The summed E-state index contributed by atoms with van der Waals surface area (Å²) in [4.78, 5) is 4.04. The molecule has 18 heavy (non-hydrogen) atoms. The standard InChI is InChI=1S/C15H24N2O/c1-13(14-5-9-16-10-6-14)17-11-15(12-18)7-3-2-4-8-15/h5-6,9-10,13,17-18H,2-4,7-8,11-12H2,1H3/t13-/m0/s1. The summed E-state index contributed by atoms with van der Waals surface area (Å²) >= 11 is 0. The summed E-state index contributed by atoms with van der Waals surface area (Å²) in [6.45, 7) is 3.39.